The van der Waals surface area contributed by atoms with Gasteiger partial charge in [-0.1, -0.05) is 249 Å². The Balaban J connectivity index is 0.976. The van der Waals surface area contributed by atoms with E-state index in [9.17, 15) is 0 Å². The van der Waals surface area contributed by atoms with Gasteiger partial charge in [-0.25, -0.2) is 0 Å². The molecule has 0 heterocycles. The van der Waals surface area contributed by atoms with Gasteiger partial charge in [-0.05, 0) is 125 Å². The number of fused-ring (bicyclic) bond motifs is 9. The quantitative estimate of drug-likeness (QED) is 0.147. The molecular weight excluding hydrogens is 831 g/mol. The van der Waals surface area contributed by atoms with Crippen molar-refractivity contribution >= 4 is 17.1 Å². The van der Waals surface area contributed by atoms with E-state index in [1.807, 2.05) is 0 Å². The van der Waals surface area contributed by atoms with E-state index in [0.717, 1.165) is 17.1 Å². The maximum atomic E-state index is 2.41. The predicted molar refractivity (Wildman–Crippen MR) is 287 cm³/mol. The lowest BCUT2D eigenvalue weighted by molar-refractivity contribution is 0.623. The molecule has 0 amide bonds. The van der Waals surface area contributed by atoms with Crippen LogP contribution in [0.2, 0.25) is 0 Å². The molecule has 2 aliphatic carbocycles. The molecule has 0 N–H and O–H groups in total. The fourth-order valence-electron chi connectivity index (χ4n) is 12.0. The second kappa shape index (κ2) is 16.5. The Hall–Kier alpha value is -8.78. The SMILES string of the molecule is c1ccc(-c2ccc(N(c3ccc(-c4ccccc4)cc3)c3ccc(-c4cccc5c4-c4ccccc4C54c5ccccc5C(c5ccccc5)(c5ccccc5)c5ccccc54)cc3)cc2)cc1. The summed E-state index contributed by atoms with van der Waals surface area (Å²) in [4.78, 5) is 2.37. The summed E-state index contributed by atoms with van der Waals surface area (Å²) >= 11 is 0. The van der Waals surface area contributed by atoms with Gasteiger partial charge in [0, 0.05) is 17.1 Å². The topological polar surface area (TPSA) is 3.24 Å². The summed E-state index contributed by atoms with van der Waals surface area (Å²) in [5.41, 5.74) is 22.4. The first-order valence-electron chi connectivity index (χ1n) is 24.0. The minimum absolute atomic E-state index is 0.540. The van der Waals surface area contributed by atoms with Crippen molar-refractivity contribution in [3.8, 4) is 44.5 Å². The first-order chi connectivity index (χ1) is 34.2. The van der Waals surface area contributed by atoms with Crippen LogP contribution in [0.1, 0.15) is 44.5 Å². The average Bonchev–Trinajstić information content (AvgIpc) is 3.74. The lowest BCUT2D eigenvalue weighted by Crippen LogP contribution is -2.44. The Morgan fingerprint density at radius 3 is 0.971 bits per heavy atom. The number of rotatable bonds is 8. The van der Waals surface area contributed by atoms with Crippen LogP contribution in [-0.2, 0) is 10.8 Å². The van der Waals surface area contributed by atoms with Crippen molar-refractivity contribution in [1.29, 1.82) is 0 Å². The lowest BCUT2D eigenvalue weighted by Gasteiger charge is -2.50. The number of hydrogen-bond acceptors (Lipinski definition) is 1. The fourth-order valence-corrected chi connectivity index (χ4v) is 12.0. The molecule has 0 unspecified atom stereocenters. The van der Waals surface area contributed by atoms with Gasteiger partial charge in [-0.3, -0.25) is 0 Å². The predicted octanol–water partition coefficient (Wildman–Crippen LogP) is 17.2. The molecule has 11 aromatic rings. The third-order valence-corrected chi connectivity index (χ3v) is 14.9. The maximum absolute atomic E-state index is 2.41. The first-order valence-corrected chi connectivity index (χ1v) is 24.0. The molecule has 0 aromatic heterocycles. The molecule has 0 bridgehead atoms. The number of hydrogen-bond donors (Lipinski definition) is 0. The van der Waals surface area contributed by atoms with Crippen molar-refractivity contribution in [2.45, 2.75) is 10.8 Å². The maximum Gasteiger partial charge on any atom is 0.0720 e. The second-order valence-electron chi connectivity index (χ2n) is 18.3. The summed E-state index contributed by atoms with van der Waals surface area (Å²) < 4.78 is 0. The van der Waals surface area contributed by atoms with Crippen LogP contribution in [0.5, 0.6) is 0 Å². The Kier molecular flexibility index (Phi) is 9.70. The van der Waals surface area contributed by atoms with E-state index in [0.29, 0.717) is 0 Å². The van der Waals surface area contributed by atoms with Gasteiger partial charge in [-0.2, -0.15) is 0 Å². The highest BCUT2D eigenvalue weighted by Gasteiger charge is 2.56. The van der Waals surface area contributed by atoms with E-state index >= 15 is 0 Å². The molecule has 13 rings (SSSR count). The van der Waals surface area contributed by atoms with Crippen molar-refractivity contribution in [1.82, 2.24) is 0 Å². The molecule has 324 valence electrons. The van der Waals surface area contributed by atoms with Gasteiger partial charge >= 0.3 is 0 Å². The van der Waals surface area contributed by atoms with Crippen LogP contribution in [0.15, 0.2) is 285 Å². The standard InChI is InChI=1S/C68H47N/c1-5-20-48(21-6-1)50-36-42-55(43-37-50)69(56-44-38-51(39-45-56)49-22-7-2-8-23-49)57-46-40-52(41-47-57)58-29-19-35-65-66(58)59-28-13-14-30-60(59)68(65)63-33-17-15-31-61(63)67(53-24-9-3-10-25-53,54-26-11-4-12-27-54)62-32-16-18-34-64(62)68/h1-47H. The largest absolute Gasteiger partial charge is 0.311 e. The Morgan fingerprint density at radius 1 is 0.203 bits per heavy atom. The van der Waals surface area contributed by atoms with E-state index in [-0.39, 0.29) is 0 Å². The zero-order valence-electron chi connectivity index (χ0n) is 38.1. The molecule has 1 heteroatoms. The van der Waals surface area contributed by atoms with Gasteiger partial charge < -0.3 is 4.90 Å². The van der Waals surface area contributed by atoms with Gasteiger partial charge in [0.25, 0.3) is 0 Å². The molecule has 0 saturated carbocycles. The van der Waals surface area contributed by atoms with Crippen molar-refractivity contribution in [3.63, 3.8) is 0 Å². The highest BCUT2D eigenvalue weighted by atomic mass is 15.1. The molecule has 0 fully saturated rings. The second-order valence-corrected chi connectivity index (χ2v) is 18.3. The minimum atomic E-state index is -0.559. The van der Waals surface area contributed by atoms with Crippen LogP contribution >= 0.6 is 0 Å². The summed E-state index contributed by atoms with van der Waals surface area (Å²) in [7, 11) is 0. The molecule has 11 aromatic carbocycles. The zero-order valence-corrected chi connectivity index (χ0v) is 38.1. The van der Waals surface area contributed by atoms with Crippen molar-refractivity contribution in [2.24, 2.45) is 0 Å². The normalized spacial score (nSPS) is 13.4. The summed E-state index contributed by atoms with van der Waals surface area (Å²) in [6, 6.07) is 105. The molecule has 1 spiro atoms. The summed E-state index contributed by atoms with van der Waals surface area (Å²) in [6.45, 7) is 0. The third kappa shape index (κ3) is 6.24. The Morgan fingerprint density at radius 2 is 0.522 bits per heavy atom. The van der Waals surface area contributed by atoms with Crippen molar-refractivity contribution < 1.29 is 0 Å². The third-order valence-electron chi connectivity index (χ3n) is 14.9. The van der Waals surface area contributed by atoms with Crippen LogP contribution in [0.3, 0.4) is 0 Å². The minimum Gasteiger partial charge on any atom is -0.311 e. The molecule has 0 radical (unpaired) electrons. The molecule has 1 nitrogen and oxygen atoms in total. The summed E-state index contributed by atoms with van der Waals surface area (Å²) in [5.74, 6) is 0. The lowest BCUT2D eigenvalue weighted by atomic mass is 9.51. The molecule has 69 heavy (non-hydrogen) atoms. The molecule has 0 atom stereocenters. The fraction of sp³-hybridized carbons (Fsp3) is 0.0294. The van der Waals surface area contributed by atoms with Gasteiger partial charge in [0.15, 0.2) is 0 Å². The van der Waals surface area contributed by atoms with E-state index in [1.165, 1.54) is 89.0 Å². The monoisotopic (exact) mass is 877 g/mol. The molecule has 2 aliphatic rings. The van der Waals surface area contributed by atoms with Crippen LogP contribution in [0.4, 0.5) is 17.1 Å². The summed E-state index contributed by atoms with van der Waals surface area (Å²) in [6.07, 6.45) is 0. The Labute approximate surface area is 404 Å². The Bertz CT molecular complexity index is 3440. The van der Waals surface area contributed by atoms with Gasteiger partial charge in [0.2, 0.25) is 0 Å². The number of benzene rings is 11. The van der Waals surface area contributed by atoms with Gasteiger partial charge in [0.05, 0.1) is 10.8 Å². The highest BCUT2D eigenvalue weighted by molar-refractivity contribution is 5.97. The highest BCUT2D eigenvalue weighted by Crippen LogP contribution is 2.65. The van der Waals surface area contributed by atoms with Gasteiger partial charge in [0.1, 0.15) is 0 Å². The average molecular weight is 878 g/mol. The van der Waals surface area contributed by atoms with E-state index in [2.05, 4.69) is 290 Å². The smallest absolute Gasteiger partial charge is 0.0720 e. The number of anilines is 3. The van der Waals surface area contributed by atoms with Crippen molar-refractivity contribution in [3.05, 3.63) is 330 Å². The number of nitrogens with zero attached hydrogens (tertiary/aromatic N) is 1. The molecule has 0 saturated heterocycles. The van der Waals surface area contributed by atoms with Crippen LogP contribution in [0.25, 0.3) is 44.5 Å². The molecular formula is C68H47N. The zero-order chi connectivity index (χ0) is 45.8. The van der Waals surface area contributed by atoms with E-state index in [1.54, 1.807) is 0 Å². The van der Waals surface area contributed by atoms with Crippen LogP contribution in [-0.4, -0.2) is 0 Å². The van der Waals surface area contributed by atoms with Crippen LogP contribution < -0.4 is 4.90 Å². The van der Waals surface area contributed by atoms with Gasteiger partial charge in [-0.15, -0.1) is 0 Å². The first kappa shape index (κ1) is 40.5. The van der Waals surface area contributed by atoms with Crippen molar-refractivity contribution in [2.75, 3.05) is 4.90 Å². The van der Waals surface area contributed by atoms with E-state index < -0.39 is 10.8 Å². The summed E-state index contributed by atoms with van der Waals surface area (Å²) in [5, 5.41) is 0. The molecule has 0 aliphatic heterocycles. The van der Waals surface area contributed by atoms with E-state index in [4.69, 9.17) is 0 Å². The van der Waals surface area contributed by atoms with Crippen LogP contribution in [0, 0.1) is 0 Å².